The number of anilines is 1. The van der Waals surface area contributed by atoms with E-state index < -0.39 is 5.82 Å². The predicted octanol–water partition coefficient (Wildman–Crippen LogP) is 3.19. The Morgan fingerprint density at radius 1 is 1.21 bits per heavy atom. The number of hydrogen-bond donors (Lipinski definition) is 0. The molecule has 0 radical (unpaired) electrons. The fourth-order valence-corrected chi connectivity index (χ4v) is 3.52. The van der Waals surface area contributed by atoms with Crippen LogP contribution in [0.2, 0.25) is 5.02 Å². The van der Waals surface area contributed by atoms with Crippen LogP contribution in [0.15, 0.2) is 41.3 Å². The summed E-state index contributed by atoms with van der Waals surface area (Å²) in [5.41, 5.74) is 0.435. The van der Waals surface area contributed by atoms with Gasteiger partial charge in [0.1, 0.15) is 28.7 Å². The summed E-state index contributed by atoms with van der Waals surface area (Å²) in [6.07, 6.45) is 4.95. The zero-order valence-corrected chi connectivity index (χ0v) is 15.9. The first-order valence-electron chi connectivity index (χ1n) is 8.77. The maximum absolute atomic E-state index is 14.4. The Balaban J connectivity index is 1.58. The summed E-state index contributed by atoms with van der Waals surface area (Å²) < 4.78 is 19.6. The third-order valence-corrected chi connectivity index (χ3v) is 5.03. The van der Waals surface area contributed by atoms with Crippen molar-refractivity contribution >= 4 is 23.3 Å². The SMILES string of the molecule is Cc1onc(-c2c(F)cccc2Cl)c1C(=O)N1CCN(c2cnccn2)CC1. The lowest BCUT2D eigenvalue weighted by Crippen LogP contribution is -2.49. The minimum Gasteiger partial charge on any atom is -0.360 e. The first-order valence-corrected chi connectivity index (χ1v) is 9.15. The lowest BCUT2D eigenvalue weighted by molar-refractivity contribution is 0.0745. The standard InChI is InChI=1S/C19H17ClFN5O2/c1-12-16(18(24-28-12)17-13(20)3-2-4-14(17)21)19(27)26-9-7-25(8-10-26)15-11-22-5-6-23-15/h2-6,11H,7-10H2,1H3. The molecule has 1 fully saturated rings. The molecule has 28 heavy (non-hydrogen) atoms. The third kappa shape index (κ3) is 3.31. The highest BCUT2D eigenvalue weighted by Crippen LogP contribution is 2.34. The van der Waals surface area contributed by atoms with Crippen molar-refractivity contribution < 1.29 is 13.7 Å². The second-order valence-corrected chi connectivity index (χ2v) is 6.81. The Kier molecular flexibility index (Phi) is 4.95. The van der Waals surface area contributed by atoms with Gasteiger partial charge in [-0.3, -0.25) is 9.78 Å². The molecule has 3 aromatic rings. The summed E-state index contributed by atoms with van der Waals surface area (Å²) in [7, 11) is 0. The molecule has 1 aromatic carbocycles. The van der Waals surface area contributed by atoms with E-state index in [1.165, 1.54) is 12.1 Å². The maximum Gasteiger partial charge on any atom is 0.259 e. The molecular weight excluding hydrogens is 385 g/mol. The van der Waals surface area contributed by atoms with E-state index in [4.69, 9.17) is 16.1 Å². The monoisotopic (exact) mass is 401 g/mol. The normalized spacial score (nSPS) is 14.4. The van der Waals surface area contributed by atoms with Gasteiger partial charge < -0.3 is 14.3 Å². The second kappa shape index (κ2) is 7.55. The summed E-state index contributed by atoms with van der Waals surface area (Å²) in [5.74, 6) is 0.291. The van der Waals surface area contributed by atoms with E-state index in [9.17, 15) is 9.18 Å². The van der Waals surface area contributed by atoms with Crippen LogP contribution in [-0.2, 0) is 0 Å². The predicted molar refractivity (Wildman–Crippen MR) is 102 cm³/mol. The molecule has 3 heterocycles. The van der Waals surface area contributed by atoms with Crippen molar-refractivity contribution in [2.75, 3.05) is 31.1 Å². The second-order valence-electron chi connectivity index (χ2n) is 6.40. The molecule has 1 aliphatic rings. The quantitative estimate of drug-likeness (QED) is 0.671. The molecule has 0 saturated carbocycles. The molecule has 0 N–H and O–H groups in total. The van der Waals surface area contributed by atoms with Crippen molar-refractivity contribution in [2.45, 2.75) is 6.92 Å². The zero-order chi connectivity index (χ0) is 19.7. The third-order valence-electron chi connectivity index (χ3n) is 4.72. The number of carbonyl (C=O) groups excluding carboxylic acids is 1. The first kappa shape index (κ1) is 18.4. The molecule has 1 aliphatic heterocycles. The number of rotatable bonds is 3. The van der Waals surface area contributed by atoms with E-state index in [0.717, 1.165) is 5.82 Å². The topological polar surface area (TPSA) is 75.4 Å². The van der Waals surface area contributed by atoms with Gasteiger partial charge in [0.25, 0.3) is 5.91 Å². The van der Waals surface area contributed by atoms with E-state index in [1.807, 2.05) is 0 Å². The van der Waals surface area contributed by atoms with E-state index >= 15 is 0 Å². The van der Waals surface area contributed by atoms with Crippen molar-refractivity contribution in [3.63, 3.8) is 0 Å². The van der Waals surface area contributed by atoms with E-state index in [-0.39, 0.29) is 27.8 Å². The van der Waals surface area contributed by atoms with Gasteiger partial charge in [-0.05, 0) is 19.1 Å². The van der Waals surface area contributed by atoms with Crippen molar-refractivity contribution in [1.29, 1.82) is 0 Å². The Labute approximate surface area is 165 Å². The van der Waals surface area contributed by atoms with Crippen molar-refractivity contribution in [3.8, 4) is 11.3 Å². The summed E-state index contributed by atoms with van der Waals surface area (Å²) in [6, 6.07) is 4.33. The van der Waals surface area contributed by atoms with Gasteiger partial charge in [-0.1, -0.05) is 22.8 Å². The number of halogens is 2. The summed E-state index contributed by atoms with van der Waals surface area (Å²) >= 11 is 6.16. The molecule has 144 valence electrons. The van der Waals surface area contributed by atoms with Gasteiger partial charge in [0.05, 0.1) is 16.8 Å². The molecule has 4 rings (SSSR count). The minimum atomic E-state index is -0.553. The van der Waals surface area contributed by atoms with Gasteiger partial charge in [-0.2, -0.15) is 0 Å². The van der Waals surface area contributed by atoms with Gasteiger partial charge in [-0.25, -0.2) is 9.37 Å². The van der Waals surface area contributed by atoms with Crippen molar-refractivity contribution in [1.82, 2.24) is 20.0 Å². The lowest BCUT2D eigenvalue weighted by atomic mass is 10.0. The van der Waals surface area contributed by atoms with Crippen LogP contribution in [0, 0.1) is 12.7 Å². The fourth-order valence-electron chi connectivity index (χ4n) is 3.27. The van der Waals surface area contributed by atoms with Crippen molar-refractivity contribution in [3.05, 3.63) is 59.0 Å². The fraction of sp³-hybridized carbons (Fsp3) is 0.263. The highest BCUT2D eigenvalue weighted by atomic mass is 35.5. The maximum atomic E-state index is 14.4. The molecule has 0 atom stereocenters. The lowest BCUT2D eigenvalue weighted by Gasteiger charge is -2.35. The number of amides is 1. The zero-order valence-electron chi connectivity index (χ0n) is 15.1. The first-order chi connectivity index (χ1) is 13.6. The van der Waals surface area contributed by atoms with E-state index in [1.54, 1.807) is 36.5 Å². The smallest absolute Gasteiger partial charge is 0.259 e. The number of aryl methyl sites for hydroxylation is 1. The Morgan fingerprint density at radius 2 is 2.00 bits per heavy atom. The molecule has 9 heteroatoms. The molecule has 0 bridgehead atoms. The van der Waals surface area contributed by atoms with Crippen LogP contribution in [0.5, 0.6) is 0 Å². The summed E-state index contributed by atoms with van der Waals surface area (Å²) in [5, 5.41) is 4.09. The van der Waals surface area contributed by atoms with Gasteiger partial charge in [0.2, 0.25) is 0 Å². The number of hydrogen-bond acceptors (Lipinski definition) is 6. The Bertz CT molecular complexity index is 983. The van der Waals surface area contributed by atoms with Crippen LogP contribution in [0.3, 0.4) is 0 Å². The summed E-state index contributed by atoms with van der Waals surface area (Å²) in [6.45, 7) is 3.85. The van der Waals surface area contributed by atoms with Gasteiger partial charge in [-0.15, -0.1) is 0 Å². The molecule has 0 spiro atoms. The number of piperazine rings is 1. The summed E-state index contributed by atoms with van der Waals surface area (Å²) in [4.78, 5) is 25.3. The molecule has 2 aromatic heterocycles. The molecule has 7 nitrogen and oxygen atoms in total. The van der Waals surface area contributed by atoms with E-state index in [2.05, 4.69) is 20.0 Å². The van der Waals surface area contributed by atoms with Crippen molar-refractivity contribution in [2.24, 2.45) is 0 Å². The van der Waals surface area contributed by atoms with E-state index in [0.29, 0.717) is 31.9 Å². The highest BCUT2D eigenvalue weighted by molar-refractivity contribution is 6.33. The van der Waals surface area contributed by atoms with Gasteiger partial charge >= 0.3 is 0 Å². The average Bonchev–Trinajstić information content (AvgIpc) is 3.09. The van der Waals surface area contributed by atoms with Crippen LogP contribution >= 0.6 is 11.6 Å². The molecular formula is C19H17ClFN5O2. The minimum absolute atomic E-state index is 0.0718. The Morgan fingerprint density at radius 3 is 2.68 bits per heavy atom. The van der Waals surface area contributed by atoms with Crippen LogP contribution in [0.1, 0.15) is 16.1 Å². The highest BCUT2D eigenvalue weighted by Gasteiger charge is 2.30. The average molecular weight is 402 g/mol. The number of benzene rings is 1. The van der Waals surface area contributed by atoms with Crippen LogP contribution in [-0.4, -0.2) is 52.1 Å². The number of aromatic nitrogens is 3. The number of nitrogens with zero attached hydrogens (tertiary/aromatic N) is 5. The van der Waals surface area contributed by atoms with Gasteiger partial charge in [0, 0.05) is 38.6 Å². The Hall–Kier alpha value is -3.00. The van der Waals surface area contributed by atoms with Crippen LogP contribution in [0.4, 0.5) is 10.2 Å². The number of carbonyl (C=O) groups is 1. The molecule has 0 unspecified atom stereocenters. The largest absolute Gasteiger partial charge is 0.360 e. The van der Waals surface area contributed by atoms with Crippen LogP contribution in [0.25, 0.3) is 11.3 Å². The molecule has 1 amide bonds. The van der Waals surface area contributed by atoms with Gasteiger partial charge in [0.15, 0.2) is 0 Å². The van der Waals surface area contributed by atoms with Crippen LogP contribution < -0.4 is 4.90 Å². The molecule has 0 aliphatic carbocycles. The molecule has 1 saturated heterocycles.